The van der Waals surface area contributed by atoms with Crippen molar-refractivity contribution in [3.63, 3.8) is 0 Å². The summed E-state index contributed by atoms with van der Waals surface area (Å²) in [5.41, 5.74) is 1.21. The summed E-state index contributed by atoms with van der Waals surface area (Å²) in [6.45, 7) is 0.439. The predicted octanol–water partition coefficient (Wildman–Crippen LogP) is 5.06. The molecule has 0 saturated heterocycles. The number of amides is 1. The fourth-order valence-corrected chi connectivity index (χ4v) is 5.00. The molecule has 2 heterocycles. The summed E-state index contributed by atoms with van der Waals surface area (Å²) in [5, 5.41) is 6.03. The summed E-state index contributed by atoms with van der Waals surface area (Å²) in [4.78, 5) is 19.9. The summed E-state index contributed by atoms with van der Waals surface area (Å²) in [6, 6.07) is 9.22. The van der Waals surface area contributed by atoms with Crippen LogP contribution in [0.1, 0.15) is 49.7 Å². The van der Waals surface area contributed by atoms with Crippen LogP contribution in [0.3, 0.4) is 0 Å². The number of hydrogen-bond acceptors (Lipinski definition) is 5. The van der Waals surface area contributed by atoms with Gasteiger partial charge in [-0.15, -0.1) is 0 Å². The molecule has 3 aliphatic rings. The molecular formula is C25H29F3N4O2. The molecule has 0 unspecified atom stereocenters. The average molecular weight is 475 g/mol. The van der Waals surface area contributed by atoms with Crippen LogP contribution < -0.4 is 15.5 Å². The summed E-state index contributed by atoms with van der Waals surface area (Å²) in [7, 11) is 1.70. The first kappa shape index (κ1) is 23.1. The zero-order valence-corrected chi connectivity index (χ0v) is 19.1. The van der Waals surface area contributed by atoms with Gasteiger partial charge in [0.2, 0.25) is 5.91 Å². The molecule has 6 nitrogen and oxygen atoms in total. The van der Waals surface area contributed by atoms with Crippen LogP contribution in [0.15, 0.2) is 36.5 Å². The van der Waals surface area contributed by atoms with Gasteiger partial charge in [0, 0.05) is 31.3 Å². The molecule has 1 amide bonds. The van der Waals surface area contributed by atoms with Gasteiger partial charge >= 0.3 is 6.18 Å². The Bertz CT molecular complexity index is 1060. The van der Waals surface area contributed by atoms with Crippen LogP contribution in [0.25, 0.3) is 0 Å². The Balaban J connectivity index is 1.43. The van der Waals surface area contributed by atoms with E-state index in [0.29, 0.717) is 23.6 Å². The number of carbonyl (C=O) groups excluding carboxylic acids is 1. The molecule has 1 aromatic heterocycles. The van der Waals surface area contributed by atoms with Crippen molar-refractivity contribution in [1.82, 2.24) is 10.3 Å². The second-order valence-corrected chi connectivity index (χ2v) is 9.55. The fraction of sp³-hybridized carbons (Fsp3) is 0.520. The van der Waals surface area contributed by atoms with Crippen molar-refractivity contribution in [3.8, 4) is 0 Å². The minimum atomic E-state index is -4.27. The van der Waals surface area contributed by atoms with Gasteiger partial charge in [-0.2, -0.15) is 13.2 Å². The standard InChI is InChI=1S/C25H29F3N4O2/c1-34-19-7-5-17(6-8-19)23(33)32-15-18-3-2-12-29-22(18)31-20-9-4-16(13-21(20)32)14-30-24(10-11-24)25(26,27)28/h2-4,9,12-13,17,19,30H,5-8,10-11,14-15H2,1H3,(H,29,31)/t17-,19+. The number of benzene rings is 1. The van der Waals surface area contributed by atoms with Gasteiger partial charge in [-0.25, -0.2) is 4.98 Å². The molecule has 2 fully saturated rings. The number of nitrogens with one attached hydrogen (secondary N) is 2. The molecule has 2 N–H and O–H groups in total. The number of ether oxygens (including phenoxy) is 1. The van der Waals surface area contributed by atoms with Crippen LogP contribution in [0, 0.1) is 5.92 Å². The van der Waals surface area contributed by atoms with Gasteiger partial charge in [0.05, 0.1) is 24.0 Å². The van der Waals surface area contributed by atoms with Crippen molar-refractivity contribution in [1.29, 1.82) is 0 Å². The van der Waals surface area contributed by atoms with Gasteiger partial charge in [-0.05, 0) is 62.3 Å². The zero-order chi connectivity index (χ0) is 23.9. The number of aromatic nitrogens is 1. The highest BCUT2D eigenvalue weighted by atomic mass is 19.4. The van der Waals surface area contributed by atoms with Crippen LogP contribution in [-0.4, -0.2) is 35.8 Å². The van der Waals surface area contributed by atoms with Crippen LogP contribution in [0.2, 0.25) is 0 Å². The topological polar surface area (TPSA) is 66.5 Å². The van der Waals surface area contributed by atoms with Crippen molar-refractivity contribution in [2.24, 2.45) is 5.92 Å². The second-order valence-electron chi connectivity index (χ2n) is 9.55. The van der Waals surface area contributed by atoms with Gasteiger partial charge in [0.1, 0.15) is 11.4 Å². The Kier molecular flexibility index (Phi) is 6.02. The fourth-order valence-electron chi connectivity index (χ4n) is 5.00. The van der Waals surface area contributed by atoms with Crippen molar-refractivity contribution < 1.29 is 22.7 Å². The third-order valence-corrected chi connectivity index (χ3v) is 7.37. The minimum Gasteiger partial charge on any atom is -0.381 e. The number of pyridine rings is 1. The molecule has 0 bridgehead atoms. The highest BCUT2D eigenvalue weighted by Gasteiger charge is 2.62. The van der Waals surface area contributed by atoms with Crippen LogP contribution >= 0.6 is 0 Å². The maximum atomic E-state index is 13.7. The lowest BCUT2D eigenvalue weighted by molar-refractivity contribution is -0.166. The number of alkyl halides is 3. The van der Waals surface area contributed by atoms with Gasteiger partial charge in [0.15, 0.2) is 0 Å². The first-order valence-corrected chi connectivity index (χ1v) is 11.8. The molecule has 182 valence electrons. The zero-order valence-electron chi connectivity index (χ0n) is 19.1. The van der Waals surface area contributed by atoms with E-state index in [1.165, 1.54) is 0 Å². The van der Waals surface area contributed by atoms with Crippen molar-refractivity contribution in [2.45, 2.75) is 69.4 Å². The highest BCUT2D eigenvalue weighted by Crippen LogP contribution is 2.49. The Hall–Kier alpha value is -2.65. The molecule has 34 heavy (non-hydrogen) atoms. The van der Waals surface area contributed by atoms with Gasteiger partial charge in [0.25, 0.3) is 0 Å². The molecule has 0 radical (unpaired) electrons. The lowest BCUT2D eigenvalue weighted by atomic mass is 9.86. The first-order valence-electron chi connectivity index (χ1n) is 11.8. The number of fused-ring (bicyclic) bond motifs is 2. The van der Waals surface area contributed by atoms with E-state index in [-0.39, 0.29) is 37.3 Å². The lowest BCUT2D eigenvalue weighted by Crippen LogP contribution is -2.44. The van der Waals surface area contributed by atoms with Crippen LogP contribution in [0.4, 0.5) is 30.4 Å². The Labute approximate surface area is 196 Å². The summed E-state index contributed by atoms with van der Waals surface area (Å²) in [5.74, 6) is 0.606. The van der Waals surface area contributed by atoms with E-state index in [1.807, 2.05) is 24.3 Å². The number of anilines is 3. The summed E-state index contributed by atoms with van der Waals surface area (Å²) < 4.78 is 45.5. The lowest BCUT2D eigenvalue weighted by Gasteiger charge is -2.32. The Morgan fingerprint density at radius 1 is 1.24 bits per heavy atom. The van der Waals surface area contributed by atoms with Crippen LogP contribution in [-0.2, 0) is 22.6 Å². The van der Waals surface area contributed by atoms with Gasteiger partial charge in [-0.3, -0.25) is 10.1 Å². The normalized spacial score (nSPS) is 23.4. The number of nitrogens with zero attached hydrogens (tertiary/aromatic N) is 2. The minimum absolute atomic E-state index is 0.0355. The van der Waals surface area contributed by atoms with E-state index in [4.69, 9.17) is 4.74 Å². The first-order chi connectivity index (χ1) is 16.3. The molecule has 2 aliphatic carbocycles. The number of rotatable bonds is 5. The summed E-state index contributed by atoms with van der Waals surface area (Å²) >= 11 is 0. The van der Waals surface area contributed by atoms with E-state index in [2.05, 4.69) is 15.6 Å². The van der Waals surface area contributed by atoms with E-state index in [9.17, 15) is 18.0 Å². The van der Waals surface area contributed by atoms with Crippen molar-refractivity contribution >= 4 is 23.1 Å². The molecule has 5 rings (SSSR count). The SMILES string of the molecule is CO[C@H]1CC[C@@H](C(=O)N2Cc3cccnc3Nc3ccc(CNC4(C(F)(F)F)CC4)cc32)CC1. The van der Waals surface area contributed by atoms with E-state index in [1.54, 1.807) is 24.3 Å². The van der Waals surface area contributed by atoms with Gasteiger partial charge in [-0.1, -0.05) is 12.1 Å². The number of halogens is 3. The Morgan fingerprint density at radius 2 is 2.00 bits per heavy atom. The van der Waals surface area contributed by atoms with E-state index < -0.39 is 11.7 Å². The molecule has 1 aliphatic heterocycles. The third-order valence-electron chi connectivity index (χ3n) is 7.37. The molecule has 0 spiro atoms. The maximum Gasteiger partial charge on any atom is 0.406 e. The largest absolute Gasteiger partial charge is 0.406 e. The highest BCUT2D eigenvalue weighted by molar-refractivity contribution is 5.99. The smallest absolute Gasteiger partial charge is 0.381 e. The number of methoxy groups -OCH3 is 1. The van der Waals surface area contributed by atoms with E-state index in [0.717, 1.165) is 36.9 Å². The summed E-state index contributed by atoms with van der Waals surface area (Å²) in [6.07, 6.45) is 1.000. The second kappa shape index (κ2) is 8.85. The quantitative estimate of drug-likeness (QED) is 0.634. The Morgan fingerprint density at radius 3 is 2.68 bits per heavy atom. The predicted molar refractivity (Wildman–Crippen MR) is 123 cm³/mol. The molecule has 9 heteroatoms. The van der Waals surface area contributed by atoms with E-state index >= 15 is 0 Å². The van der Waals surface area contributed by atoms with Crippen molar-refractivity contribution in [3.05, 3.63) is 47.7 Å². The van der Waals surface area contributed by atoms with Crippen LogP contribution in [0.5, 0.6) is 0 Å². The number of hydrogen-bond donors (Lipinski definition) is 2. The third kappa shape index (κ3) is 4.38. The average Bonchev–Trinajstić information content (AvgIpc) is 3.65. The molecule has 2 saturated carbocycles. The van der Waals surface area contributed by atoms with Gasteiger partial charge < -0.3 is 15.0 Å². The molecular weight excluding hydrogens is 445 g/mol. The number of carbonyl (C=O) groups is 1. The van der Waals surface area contributed by atoms with Crippen molar-refractivity contribution in [2.75, 3.05) is 17.3 Å². The maximum absolute atomic E-state index is 13.7. The monoisotopic (exact) mass is 474 g/mol. The molecule has 1 aromatic carbocycles. The molecule has 2 aromatic rings. The molecule has 0 atom stereocenters.